The van der Waals surface area contributed by atoms with Crippen molar-refractivity contribution in [1.29, 1.82) is 0 Å². The van der Waals surface area contributed by atoms with Crippen LogP contribution >= 0.6 is 0 Å². The Hall–Kier alpha value is -2.65. The van der Waals surface area contributed by atoms with Crippen LogP contribution in [-0.4, -0.2) is 89.7 Å². The average molecular weight is 487 g/mol. The molecule has 1 aromatic carbocycles. The van der Waals surface area contributed by atoms with E-state index >= 15 is 0 Å². The minimum absolute atomic E-state index is 0.107. The molecule has 3 heterocycles. The molecule has 0 bridgehead atoms. The van der Waals surface area contributed by atoms with E-state index in [1.165, 1.54) is 5.56 Å². The highest BCUT2D eigenvalue weighted by Crippen LogP contribution is 2.31. The van der Waals surface area contributed by atoms with E-state index in [4.69, 9.17) is 4.74 Å². The van der Waals surface area contributed by atoms with Gasteiger partial charge in [0.25, 0.3) is 0 Å². The van der Waals surface area contributed by atoms with Crippen molar-refractivity contribution in [3.63, 3.8) is 0 Å². The summed E-state index contributed by atoms with van der Waals surface area (Å²) < 4.78 is 5.78. The van der Waals surface area contributed by atoms with Crippen LogP contribution in [0, 0.1) is 5.92 Å². The lowest BCUT2D eigenvalue weighted by Crippen LogP contribution is -2.61. The number of rotatable bonds is 4. The zero-order valence-corrected chi connectivity index (χ0v) is 20.6. The Labute approximate surface area is 207 Å². The highest BCUT2D eigenvalue weighted by molar-refractivity contribution is 5.90. The van der Waals surface area contributed by atoms with Gasteiger partial charge in [0.2, 0.25) is 11.8 Å². The Morgan fingerprint density at radius 2 is 1.60 bits per heavy atom. The first-order valence-electron chi connectivity index (χ1n) is 12.9. The molecule has 3 saturated heterocycles. The number of benzene rings is 1. The minimum atomic E-state index is -0.806. The first-order valence-corrected chi connectivity index (χ1v) is 12.9. The quantitative estimate of drug-likeness (QED) is 0.501. The monoisotopic (exact) mass is 486 g/mol. The van der Waals surface area contributed by atoms with Gasteiger partial charge in [-0.25, -0.2) is 10.3 Å². The highest BCUT2D eigenvalue weighted by atomic mass is 16.6. The summed E-state index contributed by atoms with van der Waals surface area (Å²) in [4.78, 5) is 44.3. The summed E-state index contributed by atoms with van der Waals surface area (Å²) in [5.41, 5.74) is 3.02. The van der Waals surface area contributed by atoms with Gasteiger partial charge in [0, 0.05) is 32.7 Å². The number of amides is 3. The standard InChI is InChI=1S/C26H38N4O5/c1-28-18-21(35-26(33)30-13-7-2-3-8-14-30)17-22(24(31)27-34)23(28)25(32)29-15-11-20(12-16-29)19-9-5-4-6-10-19/h4-6,9-10,20-23,34H,2-3,7-8,11-18H2,1H3,(H,27,31)/t21-,22-,23-/m0/s1. The molecule has 35 heavy (non-hydrogen) atoms. The van der Waals surface area contributed by atoms with Crippen LogP contribution in [-0.2, 0) is 14.3 Å². The van der Waals surface area contributed by atoms with Crippen molar-refractivity contribution in [1.82, 2.24) is 20.2 Å². The lowest BCUT2D eigenvalue weighted by atomic mass is 9.85. The molecule has 0 radical (unpaired) electrons. The highest BCUT2D eigenvalue weighted by Gasteiger charge is 2.46. The molecule has 192 valence electrons. The van der Waals surface area contributed by atoms with Crippen LogP contribution in [0.2, 0.25) is 0 Å². The number of carbonyl (C=O) groups excluding carboxylic acids is 3. The second-order valence-electron chi connectivity index (χ2n) is 10.1. The van der Waals surface area contributed by atoms with E-state index in [1.54, 1.807) is 22.3 Å². The topological polar surface area (TPSA) is 102 Å². The Morgan fingerprint density at radius 3 is 2.23 bits per heavy atom. The maximum atomic E-state index is 13.6. The summed E-state index contributed by atoms with van der Waals surface area (Å²) in [6.45, 7) is 2.99. The Balaban J connectivity index is 1.38. The number of hydroxylamine groups is 1. The second kappa shape index (κ2) is 11.9. The third-order valence-corrected chi connectivity index (χ3v) is 7.77. The molecule has 0 unspecified atom stereocenters. The third-order valence-electron chi connectivity index (χ3n) is 7.77. The number of carbonyl (C=O) groups is 3. The van der Waals surface area contributed by atoms with E-state index in [1.807, 2.05) is 23.1 Å². The van der Waals surface area contributed by atoms with Gasteiger partial charge in [-0.3, -0.25) is 19.7 Å². The molecule has 9 nitrogen and oxygen atoms in total. The van der Waals surface area contributed by atoms with Gasteiger partial charge >= 0.3 is 6.09 Å². The van der Waals surface area contributed by atoms with Crippen LogP contribution in [0.15, 0.2) is 30.3 Å². The van der Waals surface area contributed by atoms with Crippen LogP contribution in [0.25, 0.3) is 0 Å². The average Bonchev–Trinajstić information content (AvgIpc) is 3.18. The van der Waals surface area contributed by atoms with Gasteiger partial charge in [-0.15, -0.1) is 0 Å². The molecule has 0 saturated carbocycles. The van der Waals surface area contributed by atoms with Crippen molar-refractivity contribution < 1.29 is 24.3 Å². The molecule has 9 heteroatoms. The van der Waals surface area contributed by atoms with Crippen LogP contribution in [0.5, 0.6) is 0 Å². The van der Waals surface area contributed by atoms with Gasteiger partial charge < -0.3 is 14.5 Å². The number of ether oxygens (including phenoxy) is 1. The Bertz CT molecular complexity index is 866. The number of piperidine rings is 2. The predicted octanol–water partition coefficient (Wildman–Crippen LogP) is 2.60. The molecular weight excluding hydrogens is 448 g/mol. The van der Waals surface area contributed by atoms with E-state index in [0.717, 1.165) is 38.5 Å². The molecular formula is C26H38N4O5. The van der Waals surface area contributed by atoms with E-state index in [0.29, 0.717) is 38.6 Å². The van der Waals surface area contributed by atoms with Crippen molar-refractivity contribution in [2.24, 2.45) is 5.92 Å². The normalized spacial score (nSPS) is 26.6. The minimum Gasteiger partial charge on any atom is -0.445 e. The van der Waals surface area contributed by atoms with E-state index in [9.17, 15) is 19.6 Å². The molecule has 2 N–H and O–H groups in total. The van der Waals surface area contributed by atoms with E-state index in [2.05, 4.69) is 12.1 Å². The largest absolute Gasteiger partial charge is 0.445 e. The summed E-state index contributed by atoms with van der Waals surface area (Å²) >= 11 is 0. The van der Waals surface area contributed by atoms with E-state index < -0.39 is 24.0 Å². The lowest BCUT2D eigenvalue weighted by molar-refractivity contribution is -0.152. The number of nitrogens with one attached hydrogen (secondary N) is 1. The summed E-state index contributed by atoms with van der Waals surface area (Å²) in [6.07, 6.45) is 5.22. The zero-order chi connectivity index (χ0) is 24.8. The summed E-state index contributed by atoms with van der Waals surface area (Å²) in [5.74, 6) is -1.11. The molecule has 1 aromatic rings. The summed E-state index contributed by atoms with van der Waals surface area (Å²) in [7, 11) is 1.78. The molecule has 0 spiro atoms. The number of nitrogens with zero attached hydrogens (tertiary/aromatic N) is 3. The lowest BCUT2D eigenvalue weighted by Gasteiger charge is -2.43. The third kappa shape index (κ3) is 6.13. The number of hydrogen-bond donors (Lipinski definition) is 2. The van der Waals surface area contributed by atoms with Crippen LogP contribution in [0.4, 0.5) is 4.79 Å². The van der Waals surface area contributed by atoms with Gasteiger partial charge in [0.05, 0.1) is 5.92 Å². The van der Waals surface area contributed by atoms with E-state index in [-0.39, 0.29) is 18.4 Å². The fourth-order valence-electron chi connectivity index (χ4n) is 5.82. The number of hydrogen-bond acceptors (Lipinski definition) is 6. The van der Waals surface area contributed by atoms with Gasteiger partial charge in [0.15, 0.2) is 0 Å². The molecule has 3 fully saturated rings. The maximum Gasteiger partial charge on any atom is 0.410 e. The van der Waals surface area contributed by atoms with Crippen molar-refractivity contribution >= 4 is 17.9 Å². The Morgan fingerprint density at radius 1 is 0.943 bits per heavy atom. The molecule has 0 aliphatic carbocycles. The van der Waals surface area contributed by atoms with Crippen molar-refractivity contribution in [3.05, 3.63) is 35.9 Å². The van der Waals surface area contributed by atoms with Crippen molar-refractivity contribution in [3.8, 4) is 0 Å². The first kappa shape index (κ1) is 25.4. The molecule has 0 aromatic heterocycles. The van der Waals surface area contributed by atoms with Gasteiger partial charge in [0.1, 0.15) is 12.1 Å². The Kier molecular flexibility index (Phi) is 8.62. The molecule has 3 atom stereocenters. The molecule has 3 aliphatic heterocycles. The summed E-state index contributed by atoms with van der Waals surface area (Å²) in [6, 6.07) is 9.64. The zero-order valence-electron chi connectivity index (χ0n) is 20.6. The summed E-state index contributed by atoms with van der Waals surface area (Å²) in [5, 5.41) is 9.39. The fraction of sp³-hybridized carbons (Fsp3) is 0.654. The SMILES string of the molecule is CN1C[C@@H](OC(=O)N2CCCCCC2)C[C@H](C(=O)NO)[C@H]1C(=O)N1CCC(c2ccccc2)CC1. The first-order chi connectivity index (χ1) is 17.0. The smallest absolute Gasteiger partial charge is 0.410 e. The van der Waals surface area contributed by atoms with Gasteiger partial charge in [-0.05, 0) is 50.6 Å². The number of likely N-dealkylation sites (N-methyl/N-ethyl adjacent to an activating group) is 1. The predicted molar refractivity (Wildman–Crippen MR) is 130 cm³/mol. The van der Waals surface area contributed by atoms with Crippen molar-refractivity contribution in [2.75, 3.05) is 39.8 Å². The molecule has 4 rings (SSSR count). The van der Waals surface area contributed by atoms with Crippen LogP contribution < -0.4 is 5.48 Å². The van der Waals surface area contributed by atoms with Crippen LogP contribution in [0.3, 0.4) is 0 Å². The molecule has 3 aliphatic rings. The maximum absolute atomic E-state index is 13.6. The van der Waals surface area contributed by atoms with Crippen molar-refractivity contribution in [2.45, 2.75) is 63.0 Å². The van der Waals surface area contributed by atoms with Gasteiger partial charge in [-0.1, -0.05) is 43.2 Å². The second-order valence-corrected chi connectivity index (χ2v) is 10.1. The number of likely N-dealkylation sites (tertiary alicyclic amines) is 3. The fourth-order valence-corrected chi connectivity index (χ4v) is 5.82. The van der Waals surface area contributed by atoms with Crippen LogP contribution in [0.1, 0.15) is 56.4 Å². The molecule has 3 amide bonds. The van der Waals surface area contributed by atoms with Gasteiger partial charge in [-0.2, -0.15) is 0 Å².